The lowest BCUT2D eigenvalue weighted by molar-refractivity contribution is -0.124. The van der Waals surface area contributed by atoms with Crippen LogP contribution >= 0.6 is 11.3 Å². The molecule has 0 spiro atoms. The standard InChI is InChI=1S/C29H42N4O3S/c1-19-9-11-20(12-10-19)27(34)33(23-18-24(29(2,3)4)37-26(23)28(35)36)22-15-13-21(14-16-22)31-32(5)25-8-6-7-17-30-25/h6-8,17-22,31H,9-16H2,1-5H3,(H,35,36). The molecule has 8 heteroatoms. The Kier molecular flexibility index (Phi) is 8.59. The van der Waals surface area contributed by atoms with Gasteiger partial charge in [0, 0.05) is 36.1 Å². The molecule has 0 unspecified atom stereocenters. The smallest absolute Gasteiger partial charge is 0.348 e. The maximum absolute atomic E-state index is 14.1. The molecule has 2 heterocycles. The van der Waals surface area contributed by atoms with Crippen molar-refractivity contribution in [2.75, 3.05) is 17.0 Å². The van der Waals surface area contributed by atoms with Crippen molar-refractivity contribution >= 4 is 34.7 Å². The number of hydrogen-bond acceptors (Lipinski definition) is 6. The molecule has 0 bridgehead atoms. The average molecular weight is 527 g/mol. The molecular formula is C29H42N4O3S. The van der Waals surface area contributed by atoms with Crippen molar-refractivity contribution in [1.29, 1.82) is 0 Å². The minimum atomic E-state index is -0.946. The number of nitrogens with one attached hydrogen (secondary N) is 1. The predicted octanol–water partition coefficient (Wildman–Crippen LogP) is 6.25. The summed E-state index contributed by atoms with van der Waals surface area (Å²) < 4.78 is 0. The number of carboxylic acid groups (broad SMARTS) is 1. The summed E-state index contributed by atoms with van der Waals surface area (Å²) >= 11 is 1.32. The van der Waals surface area contributed by atoms with Crippen molar-refractivity contribution in [3.63, 3.8) is 0 Å². The first kappa shape index (κ1) is 27.6. The quantitative estimate of drug-likeness (QED) is 0.415. The van der Waals surface area contributed by atoms with Gasteiger partial charge in [-0.15, -0.1) is 11.3 Å². The molecule has 0 aliphatic heterocycles. The van der Waals surface area contributed by atoms with E-state index in [4.69, 9.17) is 0 Å². The monoisotopic (exact) mass is 526 g/mol. The van der Waals surface area contributed by atoms with Gasteiger partial charge < -0.3 is 10.0 Å². The van der Waals surface area contributed by atoms with Crippen LogP contribution in [0, 0.1) is 11.8 Å². The number of pyridine rings is 1. The number of hydrogen-bond donors (Lipinski definition) is 2. The Morgan fingerprint density at radius 2 is 1.73 bits per heavy atom. The van der Waals surface area contributed by atoms with Crippen LogP contribution < -0.4 is 15.3 Å². The number of amides is 1. The zero-order valence-electron chi connectivity index (χ0n) is 22.9. The number of carboxylic acids is 1. The van der Waals surface area contributed by atoms with Gasteiger partial charge in [0.1, 0.15) is 10.7 Å². The fourth-order valence-electron chi connectivity index (χ4n) is 5.64. The Morgan fingerprint density at radius 3 is 2.30 bits per heavy atom. The molecule has 2 N–H and O–H groups in total. The second-order valence-electron chi connectivity index (χ2n) is 11.9. The topological polar surface area (TPSA) is 85.8 Å². The molecular weight excluding hydrogens is 484 g/mol. The number of carbonyl (C=O) groups is 2. The summed E-state index contributed by atoms with van der Waals surface area (Å²) in [6, 6.07) is 8.12. The zero-order chi connectivity index (χ0) is 26.7. The molecule has 0 atom stereocenters. The summed E-state index contributed by atoms with van der Waals surface area (Å²) in [4.78, 5) is 34.1. The van der Waals surface area contributed by atoms with Crippen molar-refractivity contribution in [3.05, 3.63) is 40.2 Å². The number of anilines is 2. The van der Waals surface area contributed by atoms with E-state index < -0.39 is 5.97 Å². The maximum atomic E-state index is 14.1. The highest BCUT2D eigenvalue weighted by atomic mass is 32.1. The van der Waals surface area contributed by atoms with E-state index in [9.17, 15) is 14.7 Å². The second-order valence-corrected chi connectivity index (χ2v) is 13.0. The molecule has 2 aromatic heterocycles. The molecule has 2 saturated carbocycles. The molecule has 0 saturated heterocycles. The van der Waals surface area contributed by atoms with Crippen molar-refractivity contribution < 1.29 is 14.7 Å². The van der Waals surface area contributed by atoms with Crippen LogP contribution in [-0.4, -0.2) is 41.1 Å². The normalized spacial score (nSPS) is 24.5. The van der Waals surface area contributed by atoms with Gasteiger partial charge in [-0.2, -0.15) is 0 Å². The number of rotatable bonds is 7. The largest absolute Gasteiger partial charge is 0.477 e. The minimum absolute atomic E-state index is 0.00516. The summed E-state index contributed by atoms with van der Waals surface area (Å²) in [5, 5.41) is 12.1. The highest BCUT2D eigenvalue weighted by molar-refractivity contribution is 7.14. The van der Waals surface area contributed by atoms with Gasteiger partial charge in [0.25, 0.3) is 0 Å². The molecule has 202 valence electrons. The summed E-state index contributed by atoms with van der Waals surface area (Å²) in [6.45, 7) is 8.54. The van der Waals surface area contributed by atoms with E-state index >= 15 is 0 Å². The van der Waals surface area contributed by atoms with Crippen molar-refractivity contribution in [3.8, 4) is 0 Å². The summed E-state index contributed by atoms with van der Waals surface area (Å²) in [7, 11) is 1.98. The van der Waals surface area contributed by atoms with Crippen molar-refractivity contribution in [2.45, 2.75) is 96.6 Å². The van der Waals surface area contributed by atoms with Crippen molar-refractivity contribution in [1.82, 2.24) is 10.4 Å². The molecule has 4 rings (SSSR count). The number of nitrogens with zero attached hydrogens (tertiary/aromatic N) is 3. The minimum Gasteiger partial charge on any atom is -0.477 e. The first-order chi connectivity index (χ1) is 17.5. The van der Waals surface area contributed by atoms with E-state index in [0.717, 1.165) is 62.1 Å². The molecule has 7 nitrogen and oxygen atoms in total. The van der Waals surface area contributed by atoms with Crippen LogP contribution in [0.3, 0.4) is 0 Å². The molecule has 37 heavy (non-hydrogen) atoms. The van der Waals surface area contributed by atoms with E-state index in [2.05, 4.69) is 38.1 Å². The van der Waals surface area contributed by atoms with Gasteiger partial charge in [-0.1, -0.05) is 33.8 Å². The number of thiophene rings is 1. The van der Waals surface area contributed by atoms with Gasteiger partial charge in [-0.05, 0) is 80.9 Å². The molecule has 1 amide bonds. The Hall–Kier alpha value is -2.45. The summed E-state index contributed by atoms with van der Waals surface area (Å²) in [5.41, 5.74) is 3.98. The van der Waals surface area contributed by atoms with E-state index in [0.29, 0.717) is 11.6 Å². The van der Waals surface area contributed by atoms with Gasteiger partial charge in [0.2, 0.25) is 5.91 Å². The Bertz CT molecular complexity index is 1060. The van der Waals surface area contributed by atoms with E-state index in [-0.39, 0.29) is 34.2 Å². The lowest BCUT2D eigenvalue weighted by Gasteiger charge is -2.40. The molecule has 0 radical (unpaired) electrons. The number of hydrazine groups is 1. The van der Waals surface area contributed by atoms with Crippen LogP contribution in [0.25, 0.3) is 0 Å². The third-order valence-corrected chi connectivity index (χ3v) is 9.48. The third kappa shape index (κ3) is 6.52. The number of aromatic carboxylic acids is 1. The van der Waals surface area contributed by atoms with E-state index in [1.54, 1.807) is 6.20 Å². The van der Waals surface area contributed by atoms with Crippen LogP contribution in [0.1, 0.15) is 93.6 Å². The molecule has 2 aliphatic rings. The third-order valence-electron chi connectivity index (χ3n) is 7.94. The van der Waals surface area contributed by atoms with Crippen LogP contribution in [0.2, 0.25) is 0 Å². The number of carbonyl (C=O) groups excluding carboxylic acids is 1. The fourth-order valence-corrected chi connectivity index (χ4v) is 6.68. The van der Waals surface area contributed by atoms with E-state index in [1.165, 1.54) is 11.3 Å². The van der Waals surface area contributed by atoms with Gasteiger partial charge in [-0.25, -0.2) is 15.2 Å². The predicted molar refractivity (Wildman–Crippen MR) is 150 cm³/mol. The first-order valence-corrected chi connectivity index (χ1v) is 14.5. The lowest BCUT2D eigenvalue weighted by Crippen LogP contribution is -2.50. The fraction of sp³-hybridized carbons (Fsp3) is 0.621. The Labute approximate surface area is 225 Å². The number of aromatic nitrogens is 1. The van der Waals surface area contributed by atoms with Crippen LogP contribution in [0.4, 0.5) is 11.5 Å². The average Bonchev–Trinajstić information content (AvgIpc) is 3.32. The highest BCUT2D eigenvalue weighted by Crippen LogP contribution is 2.41. The summed E-state index contributed by atoms with van der Waals surface area (Å²) in [6.07, 6.45) is 9.17. The molecule has 2 aliphatic carbocycles. The maximum Gasteiger partial charge on any atom is 0.348 e. The Morgan fingerprint density at radius 1 is 1.05 bits per heavy atom. The van der Waals surface area contributed by atoms with Gasteiger partial charge in [0.15, 0.2) is 0 Å². The molecule has 0 aromatic carbocycles. The molecule has 2 aromatic rings. The lowest BCUT2D eigenvalue weighted by atomic mass is 9.81. The molecule has 2 fully saturated rings. The van der Waals surface area contributed by atoms with Gasteiger partial charge in [0.05, 0.1) is 5.69 Å². The Balaban J connectivity index is 1.56. The van der Waals surface area contributed by atoms with Gasteiger partial charge in [-0.3, -0.25) is 9.80 Å². The highest BCUT2D eigenvalue weighted by Gasteiger charge is 2.38. The van der Waals surface area contributed by atoms with Crippen LogP contribution in [0.5, 0.6) is 0 Å². The second kappa shape index (κ2) is 11.5. The first-order valence-electron chi connectivity index (χ1n) is 13.7. The summed E-state index contributed by atoms with van der Waals surface area (Å²) in [5.74, 6) is 0.667. The van der Waals surface area contributed by atoms with E-state index in [1.807, 2.05) is 41.2 Å². The van der Waals surface area contributed by atoms with Crippen LogP contribution in [-0.2, 0) is 10.2 Å². The SMILES string of the molecule is CC1CCC(C(=O)N(c2cc(C(C)(C)C)sc2C(=O)O)C2CCC(NN(C)c3ccccn3)CC2)CC1. The zero-order valence-corrected chi connectivity index (χ0v) is 23.7. The van der Waals surface area contributed by atoms with Crippen molar-refractivity contribution in [2.24, 2.45) is 11.8 Å². The van der Waals surface area contributed by atoms with Crippen LogP contribution in [0.15, 0.2) is 30.5 Å². The van der Waals surface area contributed by atoms with Gasteiger partial charge >= 0.3 is 5.97 Å².